The van der Waals surface area contributed by atoms with Crippen LogP contribution in [0.15, 0.2) is 30.3 Å². The van der Waals surface area contributed by atoms with Crippen molar-refractivity contribution in [2.75, 3.05) is 31.5 Å². The number of piperidine rings is 2. The van der Waals surface area contributed by atoms with Crippen LogP contribution in [-0.4, -0.2) is 42.9 Å². The Morgan fingerprint density at radius 2 is 1.73 bits per heavy atom. The molecule has 1 saturated carbocycles. The fourth-order valence-corrected chi connectivity index (χ4v) is 4.52. The molecule has 1 aromatic rings. The predicted molar refractivity (Wildman–Crippen MR) is 104 cm³/mol. The zero-order chi connectivity index (χ0) is 17.3. The molecule has 1 spiro atoms. The van der Waals surface area contributed by atoms with Crippen molar-refractivity contribution < 1.29 is 9.59 Å². The van der Waals surface area contributed by atoms with Gasteiger partial charge in [-0.1, -0.05) is 18.2 Å². The molecule has 2 aliphatic heterocycles. The highest BCUT2D eigenvalue weighted by Gasteiger charge is 2.58. The van der Waals surface area contributed by atoms with Crippen LogP contribution in [0.4, 0.5) is 5.69 Å². The molecule has 3 aliphatic rings. The van der Waals surface area contributed by atoms with E-state index in [1.807, 2.05) is 35.2 Å². The molecule has 6 heteroatoms. The molecule has 4 rings (SSSR count). The van der Waals surface area contributed by atoms with Crippen LogP contribution in [0.1, 0.15) is 32.1 Å². The Kier molecular flexibility index (Phi) is 5.88. The van der Waals surface area contributed by atoms with Crippen LogP contribution in [0.3, 0.4) is 0 Å². The van der Waals surface area contributed by atoms with Gasteiger partial charge in [-0.25, -0.2) is 0 Å². The van der Waals surface area contributed by atoms with Crippen LogP contribution in [0.25, 0.3) is 0 Å². The molecular formula is C20H28ClN3O2. The van der Waals surface area contributed by atoms with E-state index in [-0.39, 0.29) is 30.2 Å². The summed E-state index contributed by atoms with van der Waals surface area (Å²) in [5.74, 6) is 0.670. The Labute approximate surface area is 161 Å². The summed E-state index contributed by atoms with van der Waals surface area (Å²) in [5, 5.41) is 6.38. The number of para-hydroxylation sites is 1. The highest BCUT2D eigenvalue weighted by Crippen LogP contribution is 2.59. The highest BCUT2D eigenvalue weighted by molar-refractivity contribution is 5.92. The van der Waals surface area contributed by atoms with Crippen molar-refractivity contribution in [2.45, 2.75) is 32.1 Å². The fourth-order valence-electron chi connectivity index (χ4n) is 4.52. The van der Waals surface area contributed by atoms with E-state index < -0.39 is 0 Å². The molecule has 1 aromatic carbocycles. The van der Waals surface area contributed by atoms with E-state index in [0.717, 1.165) is 64.0 Å². The van der Waals surface area contributed by atoms with Crippen LogP contribution in [0, 0.1) is 17.3 Å². The molecule has 142 valence electrons. The van der Waals surface area contributed by atoms with E-state index >= 15 is 0 Å². The van der Waals surface area contributed by atoms with Gasteiger partial charge in [0.05, 0.1) is 0 Å². The topological polar surface area (TPSA) is 61.4 Å². The quantitative estimate of drug-likeness (QED) is 0.851. The molecule has 2 saturated heterocycles. The third-order valence-corrected chi connectivity index (χ3v) is 6.31. The van der Waals surface area contributed by atoms with Crippen LogP contribution in [-0.2, 0) is 9.59 Å². The number of nitrogens with one attached hydrogen (secondary N) is 2. The van der Waals surface area contributed by atoms with Gasteiger partial charge in [-0.2, -0.15) is 0 Å². The average Bonchev–Trinajstić information content (AvgIpc) is 3.35. The Morgan fingerprint density at radius 1 is 1.08 bits per heavy atom. The van der Waals surface area contributed by atoms with Gasteiger partial charge in [-0.05, 0) is 62.7 Å². The van der Waals surface area contributed by atoms with Gasteiger partial charge in [0.15, 0.2) is 0 Å². The maximum absolute atomic E-state index is 12.8. The maximum Gasteiger partial charge on any atom is 0.227 e. The van der Waals surface area contributed by atoms with Crippen molar-refractivity contribution in [2.24, 2.45) is 17.3 Å². The lowest BCUT2D eigenvalue weighted by atomic mass is 9.90. The molecule has 1 aliphatic carbocycles. The van der Waals surface area contributed by atoms with Crippen LogP contribution >= 0.6 is 12.4 Å². The van der Waals surface area contributed by atoms with Gasteiger partial charge in [-0.3, -0.25) is 9.59 Å². The Balaban J connectivity index is 0.00000196. The van der Waals surface area contributed by atoms with Gasteiger partial charge < -0.3 is 15.5 Å². The molecule has 2 heterocycles. The van der Waals surface area contributed by atoms with Crippen molar-refractivity contribution in [1.29, 1.82) is 0 Å². The van der Waals surface area contributed by atoms with E-state index in [4.69, 9.17) is 0 Å². The Morgan fingerprint density at radius 3 is 2.38 bits per heavy atom. The number of carbonyl (C=O) groups excluding carboxylic acids is 2. The Bertz CT molecular complexity index is 638. The third-order valence-electron chi connectivity index (χ3n) is 6.31. The highest BCUT2D eigenvalue weighted by atomic mass is 35.5. The van der Waals surface area contributed by atoms with Crippen molar-refractivity contribution in [3.05, 3.63) is 30.3 Å². The van der Waals surface area contributed by atoms with E-state index in [1.165, 1.54) is 0 Å². The van der Waals surface area contributed by atoms with Gasteiger partial charge in [0.2, 0.25) is 11.8 Å². The molecule has 0 radical (unpaired) electrons. The van der Waals surface area contributed by atoms with E-state index in [1.54, 1.807) is 0 Å². The summed E-state index contributed by atoms with van der Waals surface area (Å²) in [4.78, 5) is 27.2. The first-order valence-corrected chi connectivity index (χ1v) is 9.53. The van der Waals surface area contributed by atoms with Crippen LogP contribution < -0.4 is 10.6 Å². The second-order valence-corrected chi connectivity index (χ2v) is 7.82. The van der Waals surface area contributed by atoms with Crippen molar-refractivity contribution in [3.8, 4) is 0 Å². The number of hydrogen-bond acceptors (Lipinski definition) is 3. The van der Waals surface area contributed by atoms with Gasteiger partial charge in [0, 0.05) is 30.6 Å². The van der Waals surface area contributed by atoms with Crippen molar-refractivity contribution in [3.63, 3.8) is 0 Å². The third kappa shape index (κ3) is 3.89. The number of likely N-dealkylation sites (tertiary alicyclic amines) is 1. The minimum Gasteiger partial charge on any atom is -0.342 e. The van der Waals surface area contributed by atoms with Gasteiger partial charge in [0.1, 0.15) is 0 Å². The number of rotatable bonds is 3. The van der Waals surface area contributed by atoms with Crippen LogP contribution in [0.2, 0.25) is 0 Å². The SMILES string of the molecule is Cl.O=C(Nc1ccccc1)C1CCN(C(=O)C2CC23CCNCC3)CC1. The summed E-state index contributed by atoms with van der Waals surface area (Å²) < 4.78 is 0. The summed E-state index contributed by atoms with van der Waals surface area (Å²) in [6.07, 6.45) is 4.89. The molecule has 0 aromatic heterocycles. The number of nitrogens with zero attached hydrogens (tertiary/aromatic N) is 1. The maximum atomic E-state index is 12.8. The van der Waals surface area contributed by atoms with Crippen molar-refractivity contribution >= 4 is 29.9 Å². The number of halogens is 1. The van der Waals surface area contributed by atoms with E-state index in [9.17, 15) is 9.59 Å². The lowest BCUT2D eigenvalue weighted by molar-refractivity contribution is -0.136. The molecular weight excluding hydrogens is 350 g/mol. The van der Waals surface area contributed by atoms with Gasteiger partial charge in [0.25, 0.3) is 0 Å². The predicted octanol–water partition coefficient (Wildman–Crippen LogP) is 2.68. The summed E-state index contributed by atoms with van der Waals surface area (Å²) >= 11 is 0. The average molecular weight is 378 g/mol. The normalized spacial score (nSPS) is 24.6. The minimum atomic E-state index is 0. The Hall–Kier alpha value is -1.59. The molecule has 3 fully saturated rings. The van der Waals surface area contributed by atoms with E-state index in [0.29, 0.717) is 11.3 Å². The molecule has 2 N–H and O–H groups in total. The fraction of sp³-hybridized carbons (Fsp3) is 0.600. The largest absolute Gasteiger partial charge is 0.342 e. The van der Waals surface area contributed by atoms with Crippen molar-refractivity contribution in [1.82, 2.24) is 10.2 Å². The first-order chi connectivity index (χ1) is 12.2. The number of benzene rings is 1. The minimum absolute atomic E-state index is 0. The smallest absolute Gasteiger partial charge is 0.227 e. The monoisotopic (exact) mass is 377 g/mol. The number of hydrogen-bond donors (Lipinski definition) is 2. The summed E-state index contributed by atoms with van der Waals surface area (Å²) in [5.41, 5.74) is 1.14. The molecule has 26 heavy (non-hydrogen) atoms. The second kappa shape index (κ2) is 7.97. The summed E-state index contributed by atoms with van der Waals surface area (Å²) in [6.45, 7) is 3.53. The molecule has 5 nitrogen and oxygen atoms in total. The molecule has 2 amide bonds. The molecule has 0 bridgehead atoms. The van der Waals surface area contributed by atoms with Gasteiger partial charge in [-0.15, -0.1) is 12.4 Å². The zero-order valence-electron chi connectivity index (χ0n) is 15.1. The summed E-state index contributed by atoms with van der Waals surface area (Å²) in [7, 11) is 0. The second-order valence-electron chi connectivity index (χ2n) is 7.82. The standard InChI is InChI=1S/C20H27N3O2.ClH/c24-18(22-16-4-2-1-3-5-16)15-6-12-23(13-7-15)19(25)17-14-20(17)8-10-21-11-9-20;/h1-5,15,17,21H,6-14H2,(H,22,24);1H. The van der Waals surface area contributed by atoms with E-state index in [2.05, 4.69) is 10.6 Å². The zero-order valence-corrected chi connectivity index (χ0v) is 15.9. The molecule has 1 unspecified atom stereocenters. The van der Waals surface area contributed by atoms with Crippen LogP contribution in [0.5, 0.6) is 0 Å². The lowest BCUT2D eigenvalue weighted by Gasteiger charge is -2.32. The first kappa shape index (κ1) is 19.2. The first-order valence-electron chi connectivity index (χ1n) is 9.53. The number of carbonyl (C=O) groups is 2. The summed E-state index contributed by atoms with van der Waals surface area (Å²) in [6, 6.07) is 9.59. The number of anilines is 1. The lowest BCUT2D eigenvalue weighted by Crippen LogP contribution is -2.43. The van der Waals surface area contributed by atoms with Gasteiger partial charge >= 0.3 is 0 Å². The number of amides is 2. The molecule has 1 atom stereocenters.